The molecule has 1 heterocycles. The second-order valence-corrected chi connectivity index (χ2v) is 5.08. The van der Waals surface area contributed by atoms with Crippen LogP contribution in [0.4, 0.5) is 13.2 Å². The highest BCUT2D eigenvalue weighted by atomic mass is 19.4. The molecule has 0 aliphatic carbocycles. The molecule has 1 saturated heterocycles. The highest BCUT2D eigenvalue weighted by molar-refractivity contribution is 5.31. The first-order valence-corrected chi connectivity index (χ1v) is 6.61. The lowest BCUT2D eigenvalue weighted by Gasteiger charge is -2.39. The molecule has 1 aromatic rings. The van der Waals surface area contributed by atoms with E-state index in [4.69, 9.17) is 5.73 Å². The monoisotopic (exact) mass is 272 g/mol. The smallest absolute Gasteiger partial charge is 0.330 e. The predicted molar refractivity (Wildman–Crippen MR) is 68.6 cm³/mol. The van der Waals surface area contributed by atoms with Crippen molar-refractivity contribution in [3.8, 4) is 0 Å². The summed E-state index contributed by atoms with van der Waals surface area (Å²) in [5, 5.41) is 3.38. The molecule has 19 heavy (non-hydrogen) atoms. The zero-order valence-electron chi connectivity index (χ0n) is 10.8. The van der Waals surface area contributed by atoms with Gasteiger partial charge in [0.05, 0.1) is 5.56 Å². The van der Waals surface area contributed by atoms with Gasteiger partial charge in [-0.2, -0.15) is 13.2 Å². The standard InChI is InChI=1S/C14H19F3N2/c15-14(16,17)12-5-3-4-11(10-12)13(7-8-18)6-1-2-9-19-13/h3-5,10,19H,1-2,6-9,18H2. The van der Waals surface area contributed by atoms with E-state index in [0.717, 1.165) is 31.9 Å². The molecule has 2 nitrogen and oxygen atoms in total. The molecule has 1 aliphatic rings. The lowest BCUT2D eigenvalue weighted by molar-refractivity contribution is -0.137. The van der Waals surface area contributed by atoms with E-state index in [-0.39, 0.29) is 0 Å². The normalized spacial score (nSPS) is 24.4. The fourth-order valence-electron chi connectivity index (χ4n) is 2.81. The highest BCUT2D eigenvalue weighted by Crippen LogP contribution is 2.36. The molecule has 0 radical (unpaired) electrons. The van der Waals surface area contributed by atoms with Crippen LogP contribution >= 0.6 is 0 Å². The Morgan fingerprint density at radius 3 is 2.63 bits per heavy atom. The summed E-state index contributed by atoms with van der Waals surface area (Å²) in [7, 11) is 0. The Morgan fingerprint density at radius 2 is 2.05 bits per heavy atom. The minimum atomic E-state index is -4.30. The average Bonchev–Trinajstić information content (AvgIpc) is 2.39. The van der Waals surface area contributed by atoms with E-state index < -0.39 is 17.3 Å². The van der Waals surface area contributed by atoms with Gasteiger partial charge in [0, 0.05) is 5.54 Å². The third-order valence-corrected chi connectivity index (χ3v) is 3.81. The Morgan fingerprint density at radius 1 is 1.26 bits per heavy atom. The highest BCUT2D eigenvalue weighted by Gasteiger charge is 2.36. The number of nitrogens with one attached hydrogen (secondary N) is 1. The molecule has 0 saturated carbocycles. The van der Waals surface area contributed by atoms with Gasteiger partial charge in [-0.15, -0.1) is 0 Å². The molecule has 5 heteroatoms. The van der Waals surface area contributed by atoms with Gasteiger partial charge in [-0.25, -0.2) is 0 Å². The maximum atomic E-state index is 12.8. The number of halogens is 3. The lowest BCUT2D eigenvalue weighted by Crippen LogP contribution is -2.47. The van der Waals surface area contributed by atoms with Crippen molar-refractivity contribution in [2.24, 2.45) is 5.73 Å². The summed E-state index contributed by atoms with van der Waals surface area (Å²) in [5.41, 5.74) is 5.36. The molecule has 0 spiro atoms. The minimum absolute atomic E-state index is 0.395. The molecule has 1 aromatic carbocycles. The Hall–Kier alpha value is -1.07. The van der Waals surface area contributed by atoms with Crippen LogP contribution in [0.15, 0.2) is 24.3 Å². The SMILES string of the molecule is NCCC1(c2cccc(C(F)(F)F)c2)CCCCN1. The lowest BCUT2D eigenvalue weighted by atomic mass is 9.79. The number of rotatable bonds is 3. The number of nitrogens with two attached hydrogens (primary N) is 1. The van der Waals surface area contributed by atoms with E-state index in [1.807, 2.05) is 0 Å². The van der Waals surface area contributed by atoms with Crippen molar-refractivity contribution in [1.29, 1.82) is 0 Å². The average molecular weight is 272 g/mol. The Labute approximate surface area is 111 Å². The second kappa shape index (κ2) is 5.51. The number of hydrogen-bond donors (Lipinski definition) is 2. The van der Waals surface area contributed by atoms with Crippen LogP contribution in [-0.4, -0.2) is 13.1 Å². The van der Waals surface area contributed by atoms with E-state index >= 15 is 0 Å². The first-order valence-electron chi connectivity index (χ1n) is 6.61. The summed E-state index contributed by atoms with van der Waals surface area (Å²) in [6.45, 7) is 1.29. The van der Waals surface area contributed by atoms with Crippen molar-refractivity contribution < 1.29 is 13.2 Å². The van der Waals surface area contributed by atoms with Gasteiger partial charge in [0.15, 0.2) is 0 Å². The van der Waals surface area contributed by atoms with Crippen LogP contribution in [0.1, 0.15) is 36.8 Å². The molecule has 1 fully saturated rings. The summed E-state index contributed by atoms with van der Waals surface area (Å²) in [4.78, 5) is 0. The van der Waals surface area contributed by atoms with Gasteiger partial charge in [-0.05, 0) is 50.0 Å². The van der Waals surface area contributed by atoms with Crippen molar-refractivity contribution in [1.82, 2.24) is 5.32 Å². The van der Waals surface area contributed by atoms with Crippen LogP contribution in [-0.2, 0) is 11.7 Å². The van der Waals surface area contributed by atoms with Crippen LogP contribution in [0.25, 0.3) is 0 Å². The molecule has 1 atom stereocenters. The summed E-state index contributed by atoms with van der Waals surface area (Å²) in [5.74, 6) is 0. The minimum Gasteiger partial charge on any atom is -0.330 e. The van der Waals surface area contributed by atoms with Crippen LogP contribution in [0.2, 0.25) is 0 Å². The van der Waals surface area contributed by atoms with Crippen LogP contribution in [0.5, 0.6) is 0 Å². The van der Waals surface area contributed by atoms with Crippen molar-refractivity contribution in [3.05, 3.63) is 35.4 Å². The fraction of sp³-hybridized carbons (Fsp3) is 0.571. The molecule has 2 rings (SSSR count). The van der Waals surface area contributed by atoms with Gasteiger partial charge in [0.25, 0.3) is 0 Å². The topological polar surface area (TPSA) is 38.0 Å². The molecule has 0 amide bonds. The maximum absolute atomic E-state index is 12.8. The summed E-state index contributed by atoms with van der Waals surface area (Å²) < 4.78 is 38.4. The van der Waals surface area contributed by atoms with Gasteiger partial charge in [0.1, 0.15) is 0 Å². The van der Waals surface area contributed by atoms with Crippen molar-refractivity contribution in [3.63, 3.8) is 0 Å². The van der Waals surface area contributed by atoms with E-state index in [9.17, 15) is 13.2 Å². The van der Waals surface area contributed by atoms with Crippen LogP contribution in [0.3, 0.4) is 0 Å². The van der Waals surface area contributed by atoms with Crippen LogP contribution < -0.4 is 11.1 Å². The molecule has 0 bridgehead atoms. The quantitative estimate of drug-likeness (QED) is 0.887. The van der Waals surface area contributed by atoms with E-state index in [1.165, 1.54) is 12.1 Å². The Balaban J connectivity index is 2.36. The maximum Gasteiger partial charge on any atom is 0.416 e. The molecule has 1 unspecified atom stereocenters. The van der Waals surface area contributed by atoms with E-state index in [2.05, 4.69) is 5.32 Å². The molecule has 0 aromatic heterocycles. The number of hydrogen-bond acceptors (Lipinski definition) is 2. The largest absolute Gasteiger partial charge is 0.416 e. The molecule has 1 aliphatic heterocycles. The first kappa shape index (κ1) is 14.3. The first-order chi connectivity index (χ1) is 8.98. The van der Waals surface area contributed by atoms with Crippen LogP contribution in [0, 0.1) is 0 Å². The van der Waals surface area contributed by atoms with Gasteiger partial charge in [-0.3, -0.25) is 0 Å². The second-order valence-electron chi connectivity index (χ2n) is 5.08. The van der Waals surface area contributed by atoms with Gasteiger partial charge in [0.2, 0.25) is 0 Å². The predicted octanol–water partition coefficient (Wildman–Crippen LogP) is 3.02. The Kier molecular flexibility index (Phi) is 4.16. The zero-order valence-corrected chi connectivity index (χ0v) is 10.8. The Bertz CT molecular complexity index is 417. The summed E-state index contributed by atoms with van der Waals surface area (Å²) >= 11 is 0. The molecular weight excluding hydrogens is 253 g/mol. The number of alkyl halides is 3. The van der Waals surface area contributed by atoms with Gasteiger partial charge >= 0.3 is 6.18 Å². The fourth-order valence-corrected chi connectivity index (χ4v) is 2.81. The van der Waals surface area contributed by atoms with Gasteiger partial charge in [-0.1, -0.05) is 18.6 Å². The molecule has 3 N–H and O–H groups in total. The summed E-state index contributed by atoms with van der Waals surface area (Å²) in [6.07, 6.45) is -0.719. The van der Waals surface area contributed by atoms with E-state index in [1.54, 1.807) is 6.07 Å². The third-order valence-electron chi connectivity index (χ3n) is 3.81. The molecular formula is C14H19F3N2. The van der Waals surface area contributed by atoms with Crippen molar-refractivity contribution in [2.75, 3.05) is 13.1 Å². The van der Waals surface area contributed by atoms with Crippen molar-refractivity contribution in [2.45, 2.75) is 37.4 Å². The zero-order chi connectivity index (χ0) is 13.9. The molecule has 106 valence electrons. The summed E-state index contributed by atoms with van der Waals surface area (Å²) in [6, 6.07) is 5.62. The van der Waals surface area contributed by atoms with E-state index in [0.29, 0.717) is 18.5 Å². The number of benzene rings is 1. The van der Waals surface area contributed by atoms with Gasteiger partial charge < -0.3 is 11.1 Å². The number of piperidine rings is 1. The third kappa shape index (κ3) is 3.09. The van der Waals surface area contributed by atoms with Crippen molar-refractivity contribution >= 4 is 0 Å².